The van der Waals surface area contributed by atoms with E-state index in [4.69, 9.17) is 0 Å². The van der Waals surface area contributed by atoms with E-state index in [1.807, 2.05) is 0 Å². The smallest absolute Gasteiger partial charge is 0 e. The minimum atomic E-state index is 0. The van der Waals surface area contributed by atoms with Gasteiger partial charge in [0.25, 0.3) is 0 Å². The van der Waals surface area contributed by atoms with Gasteiger partial charge in [0, 0.05) is 98.1 Å². The molecule has 4 heteroatoms. The van der Waals surface area contributed by atoms with Crippen LogP contribution >= 0.6 is 0 Å². The van der Waals surface area contributed by atoms with Gasteiger partial charge >= 0.3 is 0 Å². The fraction of sp³-hybridized carbons (Fsp3) is 0. The maximum atomic E-state index is 0. The quantitative estimate of drug-likeness (QED) is 0.493. The molecule has 0 aliphatic carbocycles. The first-order chi connectivity index (χ1) is 0. The standard InChI is InChI=1S/Al.3Y.3H. The number of hydrogen-bond donors (Lipinski definition) is 0. The molecule has 0 aromatic carbocycles. The predicted octanol–water partition coefficient (Wildman–Crippen LogP) is -1.19. The predicted molar refractivity (Wildman–Crippen MR) is 9.94 cm³/mol. The summed E-state index contributed by atoms with van der Waals surface area (Å²) in [5.74, 6) is 0. The monoisotopic (exact) mass is 297 g/mol. The zero-order valence-electron chi connectivity index (χ0n) is 1.73. The molecule has 0 aliphatic rings. The van der Waals surface area contributed by atoms with Crippen molar-refractivity contribution in [2.75, 3.05) is 0 Å². The van der Waals surface area contributed by atoms with Crippen molar-refractivity contribution in [1.29, 1.82) is 0 Å². The molecule has 4 heavy (non-hydrogen) atoms. The molecule has 0 unspecified atom stereocenters. The molecule has 0 aromatic heterocycles. The van der Waals surface area contributed by atoms with Gasteiger partial charge in [0.15, 0.2) is 17.4 Å². The van der Waals surface area contributed by atoms with Crippen LogP contribution in [-0.4, -0.2) is 17.4 Å². The Morgan fingerprint density at radius 3 is 0.500 bits per heavy atom. The summed E-state index contributed by atoms with van der Waals surface area (Å²) < 4.78 is 0. The average Bonchev–Trinajstić information content (AvgIpc) is 0. The van der Waals surface area contributed by atoms with Gasteiger partial charge in [0.2, 0.25) is 0 Å². The van der Waals surface area contributed by atoms with E-state index in [9.17, 15) is 0 Å². The van der Waals surface area contributed by atoms with Crippen molar-refractivity contribution in [2.24, 2.45) is 0 Å². The maximum Gasteiger partial charge on any atom is 0.187 e. The summed E-state index contributed by atoms with van der Waals surface area (Å²) >= 11 is 0. The van der Waals surface area contributed by atoms with Gasteiger partial charge in [-0.05, 0) is 0 Å². The summed E-state index contributed by atoms with van der Waals surface area (Å²) in [6.45, 7) is 0. The summed E-state index contributed by atoms with van der Waals surface area (Å²) in [4.78, 5) is 0. The van der Waals surface area contributed by atoms with Crippen molar-refractivity contribution in [2.45, 2.75) is 0 Å². The summed E-state index contributed by atoms with van der Waals surface area (Å²) in [5.41, 5.74) is 0. The van der Waals surface area contributed by atoms with Gasteiger partial charge in [-0.2, -0.15) is 0 Å². The van der Waals surface area contributed by atoms with Gasteiger partial charge in [0.05, 0.1) is 0 Å². The third-order valence-electron chi connectivity index (χ3n) is 0. The van der Waals surface area contributed by atoms with Crippen LogP contribution in [0.3, 0.4) is 0 Å². The molecular formula is H3AlY3. The molecule has 0 bridgehead atoms. The van der Waals surface area contributed by atoms with Crippen LogP contribution in [0.25, 0.3) is 0 Å². The van der Waals surface area contributed by atoms with Gasteiger partial charge in [-0.25, -0.2) is 0 Å². The SMILES string of the molecule is [AlH3].[Y].[Y].[Y]. The molecule has 0 atom stereocenters. The van der Waals surface area contributed by atoms with E-state index in [0.29, 0.717) is 0 Å². The Hall–Kier alpha value is 3.84. The summed E-state index contributed by atoms with van der Waals surface area (Å²) in [6.07, 6.45) is 0. The Labute approximate surface area is 112 Å². The van der Waals surface area contributed by atoms with Crippen LogP contribution in [0.15, 0.2) is 0 Å². The van der Waals surface area contributed by atoms with Gasteiger partial charge in [-0.15, -0.1) is 0 Å². The molecular weight excluding hydrogens is 294 g/mol. The van der Waals surface area contributed by atoms with E-state index in [-0.39, 0.29) is 115 Å². The number of rotatable bonds is 0. The molecule has 0 nitrogen and oxygen atoms in total. The summed E-state index contributed by atoms with van der Waals surface area (Å²) in [6, 6.07) is 0. The van der Waals surface area contributed by atoms with E-state index in [0.717, 1.165) is 0 Å². The van der Waals surface area contributed by atoms with Gasteiger partial charge in [-0.3, -0.25) is 0 Å². The minimum Gasteiger partial charge on any atom is 0 e. The third-order valence-corrected chi connectivity index (χ3v) is 0. The molecule has 0 spiro atoms. The van der Waals surface area contributed by atoms with E-state index >= 15 is 0 Å². The molecule has 3 radical (unpaired) electrons. The molecule has 0 aliphatic heterocycles. The van der Waals surface area contributed by atoms with E-state index in [2.05, 4.69) is 0 Å². The van der Waals surface area contributed by atoms with Gasteiger partial charge < -0.3 is 0 Å². The van der Waals surface area contributed by atoms with Crippen LogP contribution in [0.4, 0.5) is 0 Å². The molecule has 0 saturated heterocycles. The van der Waals surface area contributed by atoms with Gasteiger partial charge in [0.1, 0.15) is 0 Å². The van der Waals surface area contributed by atoms with Crippen molar-refractivity contribution in [3.8, 4) is 0 Å². The van der Waals surface area contributed by atoms with Crippen LogP contribution in [0, 0.1) is 0 Å². The van der Waals surface area contributed by atoms with Crippen LogP contribution in [0.2, 0.25) is 0 Å². The van der Waals surface area contributed by atoms with Crippen molar-refractivity contribution in [3.05, 3.63) is 0 Å². The Morgan fingerprint density at radius 2 is 0.500 bits per heavy atom. The first-order valence-electron chi connectivity index (χ1n) is 0. The molecule has 0 aromatic rings. The van der Waals surface area contributed by atoms with Gasteiger partial charge in [-0.1, -0.05) is 0 Å². The van der Waals surface area contributed by atoms with Crippen LogP contribution < -0.4 is 0 Å². The molecule has 15 valence electrons. The number of hydrogen-bond acceptors (Lipinski definition) is 0. The fourth-order valence-corrected chi connectivity index (χ4v) is 0. The Kier molecular flexibility index (Phi) is 98.3. The van der Waals surface area contributed by atoms with Crippen molar-refractivity contribution in [3.63, 3.8) is 0 Å². The zero-order chi connectivity index (χ0) is 0. The molecule has 0 rings (SSSR count). The molecule has 0 saturated carbocycles. The van der Waals surface area contributed by atoms with Crippen LogP contribution in [0.1, 0.15) is 0 Å². The Balaban J connectivity index is 0. The fourth-order valence-electron chi connectivity index (χ4n) is 0. The largest absolute Gasteiger partial charge is 0.187 e. The van der Waals surface area contributed by atoms with Crippen LogP contribution in [0.5, 0.6) is 0 Å². The molecule has 0 fully saturated rings. The minimum absolute atomic E-state index is 0. The first-order valence-corrected chi connectivity index (χ1v) is 0. The van der Waals surface area contributed by atoms with Crippen LogP contribution in [-0.2, 0) is 98.1 Å². The second-order valence-corrected chi connectivity index (χ2v) is 0. The Morgan fingerprint density at radius 1 is 0.500 bits per heavy atom. The molecule has 0 amide bonds. The maximum absolute atomic E-state index is 0. The summed E-state index contributed by atoms with van der Waals surface area (Å²) in [7, 11) is 0. The second-order valence-electron chi connectivity index (χ2n) is 0. The Bertz CT molecular complexity index is 3.25. The van der Waals surface area contributed by atoms with E-state index in [1.54, 1.807) is 0 Å². The normalized spacial score (nSPS) is 0. The molecule has 0 heterocycles. The third kappa shape index (κ3) is 9.28. The van der Waals surface area contributed by atoms with E-state index in [1.165, 1.54) is 0 Å². The van der Waals surface area contributed by atoms with Crippen molar-refractivity contribution in [1.82, 2.24) is 0 Å². The summed E-state index contributed by atoms with van der Waals surface area (Å²) in [5, 5.41) is 0. The second kappa shape index (κ2) is 15.8. The first kappa shape index (κ1) is 24.9. The van der Waals surface area contributed by atoms with E-state index < -0.39 is 0 Å². The zero-order valence-corrected chi connectivity index (χ0v) is 10.2. The van der Waals surface area contributed by atoms with Crippen molar-refractivity contribution >= 4 is 17.4 Å². The topological polar surface area (TPSA) is 0 Å². The average molecular weight is 297 g/mol. The van der Waals surface area contributed by atoms with Crippen molar-refractivity contribution < 1.29 is 98.1 Å². The molecule has 0 N–H and O–H groups in total.